The fraction of sp³-hybridized carbons (Fsp3) is 0.500. The molecule has 5 nitrogen and oxygen atoms in total. The van der Waals surface area contributed by atoms with Crippen LogP contribution in [0.4, 0.5) is 10.1 Å². The van der Waals surface area contributed by atoms with Gasteiger partial charge in [0.25, 0.3) is 0 Å². The highest BCUT2D eigenvalue weighted by Gasteiger charge is 2.23. The van der Waals surface area contributed by atoms with Crippen molar-refractivity contribution < 1.29 is 17.5 Å². The van der Waals surface area contributed by atoms with Crippen molar-refractivity contribution in [2.24, 2.45) is 0 Å². The van der Waals surface area contributed by atoms with Crippen molar-refractivity contribution in [3.05, 3.63) is 24.0 Å². The molecule has 0 saturated carbocycles. The molecule has 7 heteroatoms. The average molecular weight is 290 g/mol. The van der Waals surface area contributed by atoms with Gasteiger partial charge < -0.3 is 10.5 Å². The summed E-state index contributed by atoms with van der Waals surface area (Å²) in [4.78, 5) is -0.136. The SMILES string of the molecule is CCOCCN(CC)S(=O)(=O)c1cc(N)cc(F)c1. The van der Waals surface area contributed by atoms with Gasteiger partial charge in [0, 0.05) is 25.4 Å². The van der Waals surface area contributed by atoms with Gasteiger partial charge in [-0.1, -0.05) is 6.92 Å². The molecule has 0 spiro atoms. The highest BCUT2D eigenvalue weighted by molar-refractivity contribution is 7.89. The van der Waals surface area contributed by atoms with E-state index in [2.05, 4.69) is 0 Å². The molecule has 0 bridgehead atoms. The number of likely N-dealkylation sites (N-methyl/N-ethyl adjacent to an activating group) is 1. The maximum absolute atomic E-state index is 13.2. The fourth-order valence-electron chi connectivity index (χ4n) is 1.64. The van der Waals surface area contributed by atoms with Crippen LogP contribution in [0.2, 0.25) is 0 Å². The van der Waals surface area contributed by atoms with E-state index in [0.29, 0.717) is 13.2 Å². The first-order chi connectivity index (χ1) is 8.91. The van der Waals surface area contributed by atoms with E-state index in [1.807, 2.05) is 6.92 Å². The van der Waals surface area contributed by atoms with Gasteiger partial charge in [-0.3, -0.25) is 0 Å². The van der Waals surface area contributed by atoms with Gasteiger partial charge in [-0.15, -0.1) is 0 Å². The van der Waals surface area contributed by atoms with Gasteiger partial charge in [-0.25, -0.2) is 12.8 Å². The molecule has 0 heterocycles. The Kier molecular flexibility index (Phi) is 5.71. The lowest BCUT2D eigenvalue weighted by Crippen LogP contribution is -2.34. The Balaban J connectivity index is 2.99. The lowest BCUT2D eigenvalue weighted by atomic mass is 10.3. The van der Waals surface area contributed by atoms with E-state index in [-0.39, 0.29) is 23.7 Å². The Morgan fingerprint density at radius 1 is 1.32 bits per heavy atom. The zero-order valence-corrected chi connectivity index (χ0v) is 11.9. The standard InChI is InChI=1S/C12H19FN2O3S/c1-3-15(5-6-18-4-2)19(16,17)12-8-10(13)7-11(14)9-12/h7-9H,3-6,14H2,1-2H3. The maximum atomic E-state index is 13.2. The summed E-state index contributed by atoms with van der Waals surface area (Å²) in [5.41, 5.74) is 5.55. The monoisotopic (exact) mass is 290 g/mol. The highest BCUT2D eigenvalue weighted by atomic mass is 32.2. The maximum Gasteiger partial charge on any atom is 0.243 e. The van der Waals surface area contributed by atoms with Crippen LogP contribution < -0.4 is 5.73 Å². The van der Waals surface area contributed by atoms with Crippen molar-refractivity contribution in [2.45, 2.75) is 18.7 Å². The fourth-order valence-corrected chi connectivity index (χ4v) is 3.14. The minimum Gasteiger partial charge on any atom is -0.399 e. The minimum atomic E-state index is -3.74. The number of nitrogens with zero attached hydrogens (tertiary/aromatic N) is 1. The number of hydrogen-bond acceptors (Lipinski definition) is 4. The second kappa shape index (κ2) is 6.83. The Labute approximate surface area is 113 Å². The zero-order chi connectivity index (χ0) is 14.5. The molecule has 0 aliphatic carbocycles. The summed E-state index contributed by atoms with van der Waals surface area (Å²) in [5, 5.41) is 0. The Bertz CT molecular complexity index is 499. The Morgan fingerprint density at radius 2 is 2.00 bits per heavy atom. The number of halogens is 1. The van der Waals surface area contributed by atoms with E-state index < -0.39 is 15.8 Å². The molecular formula is C12H19FN2O3S. The van der Waals surface area contributed by atoms with Gasteiger partial charge in [0.05, 0.1) is 11.5 Å². The van der Waals surface area contributed by atoms with Crippen molar-refractivity contribution in [1.82, 2.24) is 4.31 Å². The number of anilines is 1. The van der Waals surface area contributed by atoms with Gasteiger partial charge >= 0.3 is 0 Å². The Hall–Kier alpha value is -1.18. The summed E-state index contributed by atoms with van der Waals surface area (Å²) in [6.45, 7) is 4.87. The van der Waals surface area contributed by atoms with Crippen LogP contribution >= 0.6 is 0 Å². The number of ether oxygens (including phenoxy) is 1. The zero-order valence-electron chi connectivity index (χ0n) is 11.1. The van der Waals surface area contributed by atoms with Crippen LogP contribution in [0, 0.1) is 5.82 Å². The number of rotatable bonds is 7. The molecule has 2 N–H and O–H groups in total. The predicted octanol–water partition coefficient (Wildman–Crippen LogP) is 1.45. The van der Waals surface area contributed by atoms with E-state index >= 15 is 0 Å². The molecule has 19 heavy (non-hydrogen) atoms. The molecule has 0 aliphatic heterocycles. The molecular weight excluding hydrogens is 271 g/mol. The third-order valence-electron chi connectivity index (χ3n) is 2.57. The summed E-state index contributed by atoms with van der Waals surface area (Å²) in [6.07, 6.45) is 0. The number of nitrogen functional groups attached to an aromatic ring is 1. The smallest absolute Gasteiger partial charge is 0.243 e. The summed E-state index contributed by atoms with van der Waals surface area (Å²) < 4.78 is 44.2. The average Bonchev–Trinajstić information content (AvgIpc) is 2.33. The molecule has 0 aliphatic rings. The van der Waals surface area contributed by atoms with Crippen LogP contribution in [-0.2, 0) is 14.8 Å². The highest BCUT2D eigenvalue weighted by Crippen LogP contribution is 2.19. The van der Waals surface area contributed by atoms with Crippen molar-refractivity contribution in [3.8, 4) is 0 Å². The molecule has 1 aromatic carbocycles. The quantitative estimate of drug-likeness (QED) is 0.609. The van der Waals surface area contributed by atoms with Crippen molar-refractivity contribution >= 4 is 15.7 Å². The van der Waals surface area contributed by atoms with E-state index in [1.165, 1.54) is 10.4 Å². The normalized spacial score (nSPS) is 12.0. The van der Waals surface area contributed by atoms with Gasteiger partial charge in [-0.2, -0.15) is 4.31 Å². The van der Waals surface area contributed by atoms with Crippen LogP contribution in [0.15, 0.2) is 23.1 Å². The second-order valence-corrected chi connectivity index (χ2v) is 5.85. The van der Waals surface area contributed by atoms with Gasteiger partial charge in [0.1, 0.15) is 5.82 Å². The van der Waals surface area contributed by atoms with E-state index in [0.717, 1.165) is 12.1 Å². The van der Waals surface area contributed by atoms with E-state index in [9.17, 15) is 12.8 Å². The molecule has 0 atom stereocenters. The summed E-state index contributed by atoms with van der Waals surface area (Å²) in [6, 6.07) is 3.30. The third-order valence-corrected chi connectivity index (χ3v) is 4.53. The molecule has 108 valence electrons. The van der Waals surface area contributed by atoms with Crippen molar-refractivity contribution in [1.29, 1.82) is 0 Å². The van der Waals surface area contributed by atoms with Crippen LogP contribution in [-0.4, -0.2) is 39.0 Å². The van der Waals surface area contributed by atoms with Gasteiger partial charge in [0.15, 0.2) is 0 Å². The number of nitrogens with two attached hydrogens (primary N) is 1. The molecule has 1 rings (SSSR count). The topological polar surface area (TPSA) is 72.6 Å². The number of hydrogen-bond donors (Lipinski definition) is 1. The van der Waals surface area contributed by atoms with Crippen molar-refractivity contribution in [3.63, 3.8) is 0 Å². The molecule has 0 amide bonds. The van der Waals surface area contributed by atoms with Gasteiger partial charge in [-0.05, 0) is 25.1 Å². The molecule has 0 saturated heterocycles. The first-order valence-corrected chi connectivity index (χ1v) is 7.49. The van der Waals surface area contributed by atoms with Crippen LogP contribution in [0.1, 0.15) is 13.8 Å². The van der Waals surface area contributed by atoms with Crippen LogP contribution in [0.25, 0.3) is 0 Å². The molecule has 0 aromatic heterocycles. The van der Waals surface area contributed by atoms with Crippen molar-refractivity contribution in [2.75, 3.05) is 32.0 Å². The summed E-state index contributed by atoms with van der Waals surface area (Å²) in [7, 11) is -3.74. The number of benzene rings is 1. The minimum absolute atomic E-state index is 0.0828. The van der Waals surface area contributed by atoms with E-state index in [1.54, 1.807) is 6.92 Å². The third kappa shape index (κ3) is 4.15. The lowest BCUT2D eigenvalue weighted by molar-refractivity contribution is 0.135. The molecule has 0 radical (unpaired) electrons. The lowest BCUT2D eigenvalue weighted by Gasteiger charge is -2.20. The van der Waals surface area contributed by atoms with E-state index in [4.69, 9.17) is 10.5 Å². The first kappa shape index (κ1) is 15.9. The van der Waals surface area contributed by atoms with Crippen LogP contribution in [0.3, 0.4) is 0 Å². The van der Waals surface area contributed by atoms with Gasteiger partial charge in [0.2, 0.25) is 10.0 Å². The molecule has 0 unspecified atom stereocenters. The molecule has 1 aromatic rings. The second-order valence-electron chi connectivity index (χ2n) is 3.91. The first-order valence-electron chi connectivity index (χ1n) is 6.05. The predicted molar refractivity (Wildman–Crippen MR) is 71.7 cm³/mol. The summed E-state index contributed by atoms with van der Waals surface area (Å²) >= 11 is 0. The summed E-state index contributed by atoms with van der Waals surface area (Å²) in [5.74, 6) is -0.667. The Morgan fingerprint density at radius 3 is 2.53 bits per heavy atom. The van der Waals surface area contributed by atoms with Crippen LogP contribution in [0.5, 0.6) is 0 Å². The number of sulfonamides is 1. The largest absolute Gasteiger partial charge is 0.399 e. The molecule has 0 fully saturated rings.